The van der Waals surface area contributed by atoms with E-state index in [1.54, 1.807) is 19.2 Å². The van der Waals surface area contributed by atoms with Gasteiger partial charge in [-0.1, -0.05) is 38.8 Å². The molecule has 1 aromatic carbocycles. The molecule has 6 nitrogen and oxygen atoms in total. The molecule has 2 N–H and O–H groups in total. The summed E-state index contributed by atoms with van der Waals surface area (Å²) in [5.41, 5.74) is 0.975. The van der Waals surface area contributed by atoms with Gasteiger partial charge in [-0.2, -0.15) is 0 Å². The van der Waals surface area contributed by atoms with Gasteiger partial charge in [0.25, 0.3) is 5.91 Å². The fourth-order valence-corrected chi connectivity index (χ4v) is 7.32. The number of rotatable bonds is 8. The summed E-state index contributed by atoms with van der Waals surface area (Å²) in [6.45, 7) is 7.56. The van der Waals surface area contributed by atoms with Crippen LogP contribution in [0.2, 0.25) is 5.02 Å². The number of methoxy groups -OCH3 is 1. The number of benzene rings is 1. The molecule has 1 aromatic rings. The second-order valence-corrected chi connectivity index (χ2v) is 13.6. The Morgan fingerprint density at radius 3 is 2.35 bits per heavy atom. The monoisotopic (exact) mass is 530 g/mol. The standard InChI is InChI=1S/C30H43ClN2O4/c1-29(2)12-8-20(9-13-29)37-24-15-21(23(36-4)16-22(24)31)27(34)33-26-19-7-6-18(14-19)25(26)28(35)32-17-30(3)10-5-11-30/h15-16,18-20,25-26H,5-14,17H2,1-4H3,(H,32,35)(H,33,34)/t18-,19+,25+,26-/m1/s1. The van der Waals surface area contributed by atoms with Crippen LogP contribution in [0.3, 0.4) is 0 Å². The fraction of sp³-hybridized carbons (Fsp3) is 0.733. The Morgan fingerprint density at radius 1 is 1.00 bits per heavy atom. The van der Waals surface area contributed by atoms with Crippen LogP contribution < -0.4 is 20.1 Å². The van der Waals surface area contributed by atoms with E-state index in [-0.39, 0.29) is 35.3 Å². The molecule has 4 aliphatic carbocycles. The molecule has 2 bridgehead atoms. The summed E-state index contributed by atoms with van der Waals surface area (Å²) in [6, 6.07) is 3.23. The SMILES string of the molecule is COc1cc(Cl)c(OC2CCC(C)(C)CC2)cc1C(=O)N[C@@H]1[C@H]2CC[C@H](C2)[C@@H]1C(=O)NCC1(C)CCC1. The van der Waals surface area contributed by atoms with Gasteiger partial charge < -0.3 is 20.1 Å². The molecular weight excluding hydrogens is 488 g/mol. The van der Waals surface area contributed by atoms with Crippen molar-refractivity contribution in [3.63, 3.8) is 0 Å². The van der Waals surface area contributed by atoms with Crippen molar-refractivity contribution in [1.29, 1.82) is 0 Å². The van der Waals surface area contributed by atoms with E-state index in [2.05, 4.69) is 31.4 Å². The van der Waals surface area contributed by atoms with Gasteiger partial charge in [0.1, 0.15) is 11.5 Å². The number of hydrogen-bond donors (Lipinski definition) is 2. The average molecular weight is 531 g/mol. The predicted molar refractivity (Wildman–Crippen MR) is 145 cm³/mol. The zero-order valence-corrected chi connectivity index (χ0v) is 23.6. The van der Waals surface area contributed by atoms with Gasteiger partial charge in [-0.25, -0.2) is 0 Å². The molecule has 5 rings (SSSR count). The van der Waals surface area contributed by atoms with E-state index in [4.69, 9.17) is 21.1 Å². The van der Waals surface area contributed by atoms with Crippen LogP contribution in [0, 0.1) is 28.6 Å². The van der Waals surface area contributed by atoms with Gasteiger partial charge in [-0.05, 0) is 86.5 Å². The highest BCUT2D eigenvalue weighted by Crippen LogP contribution is 2.49. The first-order valence-corrected chi connectivity index (χ1v) is 14.6. The maximum Gasteiger partial charge on any atom is 0.255 e. The van der Waals surface area contributed by atoms with E-state index in [9.17, 15) is 9.59 Å². The van der Waals surface area contributed by atoms with Crippen LogP contribution in [0.1, 0.15) is 95.3 Å². The van der Waals surface area contributed by atoms with Gasteiger partial charge >= 0.3 is 0 Å². The molecule has 4 saturated carbocycles. The molecule has 0 aromatic heterocycles. The number of nitrogens with one attached hydrogen (secondary N) is 2. The van der Waals surface area contributed by atoms with Crippen molar-refractivity contribution in [3.05, 3.63) is 22.7 Å². The van der Waals surface area contributed by atoms with E-state index in [1.807, 2.05) is 0 Å². The van der Waals surface area contributed by atoms with Gasteiger partial charge in [-0.15, -0.1) is 0 Å². The van der Waals surface area contributed by atoms with E-state index in [1.165, 1.54) is 19.3 Å². The van der Waals surface area contributed by atoms with Crippen molar-refractivity contribution >= 4 is 23.4 Å². The highest BCUT2D eigenvalue weighted by molar-refractivity contribution is 6.32. The van der Waals surface area contributed by atoms with Gasteiger partial charge in [0.2, 0.25) is 5.91 Å². The number of hydrogen-bond acceptors (Lipinski definition) is 4. The molecule has 2 amide bonds. The van der Waals surface area contributed by atoms with Crippen LogP contribution in [0.25, 0.3) is 0 Å². The van der Waals surface area contributed by atoms with E-state index >= 15 is 0 Å². The minimum absolute atomic E-state index is 0.0889. The molecule has 0 unspecified atom stereocenters. The van der Waals surface area contributed by atoms with Crippen molar-refractivity contribution in [3.8, 4) is 11.5 Å². The molecule has 204 valence electrons. The third-order valence-corrected chi connectivity index (χ3v) is 10.1. The number of fused-ring (bicyclic) bond motifs is 2. The van der Waals surface area contributed by atoms with Crippen LogP contribution in [0.4, 0.5) is 0 Å². The molecule has 4 aliphatic rings. The summed E-state index contributed by atoms with van der Waals surface area (Å²) < 4.78 is 11.8. The highest BCUT2D eigenvalue weighted by atomic mass is 35.5. The maximum absolute atomic E-state index is 13.6. The number of carbonyl (C=O) groups is 2. The smallest absolute Gasteiger partial charge is 0.255 e. The Hall–Kier alpha value is -1.95. The number of ether oxygens (including phenoxy) is 2. The normalized spacial score (nSPS) is 29.9. The Morgan fingerprint density at radius 2 is 1.70 bits per heavy atom. The van der Waals surface area contributed by atoms with Crippen molar-refractivity contribution in [1.82, 2.24) is 10.6 Å². The lowest BCUT2D eigenvalue weighted by Gasteiger charge is -2.39. The molecule has 4 fully saturated rings. The lowest BCUT2D eigenvalue weighted by Crippen LogP contribution is -2.51. The first-order valence-electron chi connectivity index (χ1n) is 14.2. The fourth-order valence-electron chi connectivity index (χ4n) is 7.12. The Labute approximate surface area is 226 Å². The van der Waals surface area contributed by atoms with Gasteiger partial charge in [0.15, 0.2) is 0 Å². The summed E-state index contributed by atoms with van der Waals surface area (Å²) in [5.74, 6) is 1.30. The van der Waals surface area contributed by atoms with Gasteiger partial charge in [0.05, 0.1) is 29.7 Å². The molecule has 0 heterocycles. The average Bonchev–Trinajstić information content (AvgIpc) is 3.45. The first-order chi connectivity index (χ1) is 17.6. The second kappa shape index (κ2) is 10.3. The Bertz CT molecular complexity index is 1030. The van der Waals surface area contributed by atoms with E-state index in [0.717, 1.165) is 51.5 Å². The molecule has 0 saturated heterocycles. The number of halogens is 1. The maximum atomic E-state index is 13.6. The molecular formula is C30H43ClN2O4. The van der Waals surface area contributed by atoms with Gasteiger partial charge in [0, 0.05) is 18.7 Å². The van der Waals surface area contributed by atoms with Crippen LogP contribution in [-0.4, -0.2) is 37.6 Å². The lowest BCUT2D eigenvalue weighted by molar-refractivity contribution is -0.128. The lowest BCUT2D eigenvalue weighted by atomic mass is 9.70. The van der Waals surface area contributed by atoms with Crippen LogP contribution in [0.5, 0.6) is 11.5 Å². The number of amides is 2. The summed E-state index contributed by atoms with van der Waals surface area (Å²) >= 11 is 6.55. The molecule has 0 aliphatic heterocycles. The number of carbonyl (C=O) groups excluding carboxylic acids is 2. The minimum Gasteiger partial charge on any atom is -0.496 e. The Kier molecular flexibility index (Phi) is 7.43. The van der Waals surface area contributed by atoms with Crippen molar-refractivity contribution in [2.24, 2.45) is 28.6 Å². The highest BCUT2D eigenvalue weighted by Gasteiger charge is 2.51. The zero-order valence-electron chi connectivity index (χ0n) is 22.8. The molecule has 7 heteroatoms. The molecule has 0 spiro atoms. The second-order valence-electron chi connectivity index (χ2n) is 13.2. The van der Waals surface area contributed by atoms with Crippen molar-refractivity contribution < 1.29 is 19.1 Å². The third-order valence-electron chi connectivity index (χ3n) is 9.85. The summed E-state index contributed by atoms with van der Waals surface area (Å²) in [6.07, 6.45) is 10.9. The van der Waals surface area contributed by atoms with E-state index in [0.29, 0.717) is 39.3 Å². The van der Waals surface area contributed by atoms with Crippen LogP contribution >= 0.6 is 11.6 Å². The largest absolute Gasteiger partial charge is 0.496 e. The van der Waals surface area contributed by atoms with Gasteiger partial charge in [-0.3, -0.25) is 9.59 Å². The molecule has 37 heavy (non-hydrogen) atoms. The predicted octanol–water partition coefficient (Wildman–Crippen LogP) is 6.15. The minimum atomic E-state index is -0.232. The summed E-state index contributed by atoms with van der Waals surface area (Å²) in [7, 11) is 1.54. The van der Waals surface area contributed by atoms with Crippen molar-refractivity contribution in [2.45, 2.75) is 97.1 Å². The quantitative estimate of drug-likeness (QED) is 0.423. The van der Waals surface area contributed by atoms with E-state index < -0.39 is 0 Å². The summed E-state index contributed by atoms with van der Waals surface area (Å²) in [5, 5.41) is 6.92. The third kappa shape index (κ3) is 5.60. The topological polar surface area (TPSA) is 76.7 Å². The van der Waals surface area contributed by atoms with Crippen LogP contribution in [0.15, 0.2) is 12.1 Å². The first kappa shape index (κ1) is 26.6. The molecule has 0 radical (unpaired) electrons. The zero-order chi connectivity index (χ0) is 26.4. The van der Waals surface area contributed by atoms with Crippen LogP contribution in [-0.2, 0) is 4.79 Å². The Balaban J connectivity index is 1.29. The summed E-state index contributed by atoms with van der Waals surface area (Å²) in [4.78, 5) is 26.9. The van der Waals surface area contributed by atoms with Crippen molar-refractivity contribution in [2.75, 3.05) is 13.7 Å². The molecule has 4 atom stereocenters.